The molecule has 9 heteroatoms. The zero-order valence-electron chi connectivity index (χ0n) is 12.8. The van der Waals surface area contributed by atoms with Crippen molar-refractivity contribution in [1.29, 1.82) is 0 Å². The SMILES string of the molecule is Cn1cnc2c(NCc3ccc(CNC(=O)O)cc3)nc(F)nc21. The molecule has 0 atom stereocenters. The van der Waals surface area contributed by atoms with Gasteiger partial charge in [-0.3, -0.25) is 0 Å². The van der Waals surface area contributed by atoms with Crippen molar-refractivity contribution in [2.75, 3.05) is 5.32 Å². The summed E-state index contributed by atoms with van der Waals surface area (Å²) < 4.78 is 15.1. The highest BCUT2D eigenvalue weighted by Gasteiger charge is 2.11. The fourth-order valence-corrected chi connectivity index (χ4v) is 2.24. The van der Waals surface area contributed by atoms with Crippen LogP contribution in [0.4, 0.5) is 15.0 Å². The second-order valence-corrected chi connectivity index (χ2v) is 5.20. The lowest BCUT2D eigenvalue weighted by Crippen LogP contribution is -2.19. The number of aromatic nitrogens is 4. The van der Waals surface area contributed by atoms with Crippen molar-refractivity contribution in [1.82, 2.24) is 24.8 Å². The van der Waals surface area contributed by atoms with Crippen molar-refractivity contribution in [2.45, 2.75) is 13.1 Å². The molecule has 0 aliphatic rings. The van der Waals surface area contributed by atoms with E-state index < -0.39 is 12.2 Å². The van der Waals surface area contributed by atoms with Crippen LogP contribution in [0.15, 0.2) is 30.6 Å². The number of halogens is 1. The number of nitrogens with zero attached hydrogens (tertiary/aromatic N) is 4. The molecule has 0 saturated carbocycles. The molecular weight excluding hydrogens is 315 g/mol. The van der Waals surface area contributed by atoms with Crippen LogP contribution in [0.3, 0.4) is 0 Å². The molecule has 3 rings (SSSR count). The molecule has 1 aromatic carbocycles. The summed E-state index contributed by atoms with van der Waals surface area (Å²) in [4.78, 5) is 22.1. The molecule has 3 N–H and O–H groups in total. The van der Waals surface area contributed by atoms with E-state index in [1.807, 2.05) is 24.3 Å². The van der Waals surface area contributed by atoms with Gasteiger partial charge in [0.2, 0.25) is 0 Å². The summed E-state index contributed by atoms with van der Waals surface area (Å²) in [5.74, 6) is 0.328. The number of amides is 1. The van der Waals surface area contributed by atoms with Crippen LogP contribution >= 0.6 is 0 Å². The zero-order chi connectivity index (χ0) is 17.1. The number of hydrogen-bond acceptors (Lipinski definition) is 5. The largest absolute Gasteiger partial charge is 0.465 e. The smallest absolute Gasteiger partial charge is 0.404 e. The van der Waals surface area contributed by atoms with Crippen molar-refractivity contribution < 1.29 is 14.3 Å². The Kier molecular flexibility index (Phi) is 4.23. The second-order valence-electron chi connectivity index (χ2n) is 5.20. The minimum absolute atomic E-state index is 0.245. The van der Waals surface area contributed by atoms with E-state index in [2.05, 4.69) is 25.6 Å². The molecule has 2 heterocycles. The van der Waals surface area contributed by atoms with Gasteiger partial charge >= 0.3 is 12.2 Å². The third-order valence-corrected chi connectivity index (χ3v) is 3.46. The molecule has 124 valence electrons. The van der Waals surface area contributed by atoms with E-state index in [9.17, 15) is 9.18 Å². The normalized spacial score (nSPS) is 10.8. The van der Waals surface area contributed by atoms with Gasteiger partial charge in [0.25, 0.3) is 0 Å². The third-order valence-electron chi connectivity index (χ3n) is 3.46. The van der Waals surface area contributed by atoms with E-state index in [0.717, 1.165) is 11.1 Å². The average Bonchev–Trinajstić information content (AvgIpc) is 2.93. The molecule has 0 spiro atoms. The van der Waals surface area contributed by atoms with Crippen LogP contribution in [-0.4, -0.2) is 30.7 Å². The first-order valence-corrected chi connectivity index (χ1v) is 7.16. The van der Waals surface area contributed by atoms with Crippen molar-refractivity contribution >= 4 is 23.1 Å². The number of imidazole rings is 1. The maximum atomic E-state index is 13.5. The van der Waals surface area contributed by atoms with Gasteiger partial charge in [-0.05, 0) is 11.1 Å². The number of carbonyl (C=O) groups is 1. The highest BCUT2D eigenvalue weighted by Crippen LogP contribution is 2.18. The molecule has 8 nitrogen and oxygen atoms in total. The average molecular weight is 330 g/mol. The Hall–Kier alpha value is -3.23. The van der Waals surface area contributed by atoms with E-state index in [1.54, 1.807) is 17.9 Å². The fraction of sp³-hybridized carbons (Fsp3) is 0.200. The van der Waals surface area contributed by atoms with Gasteiger partial charge < -0.3 is 20.3 Å². The molecule has 0 aliphatic heterocycles. The van der Waals surface area contributed by atoms with Gasteiger partial charge in [-0.25, -0.2) is 9.78 Å². The van der Waals surface area contributed by atoms with Crippen LogP contribution in [0.1, 0.15) is 11.1 Å². The lowest BCUT2D eigenvalue weighted by Gasteiger charge is -2.08. The number of nitrogens with one attached hydrogen (secondary N) is 2. The fourth-order valence-electron chi connectivity index (χ4n) is 2.24. The molecule has 1 amide bonds. The lowest BCUT2D eigenvalue weighted by molar-refractivity contribution is 0.194. The zero-order valence-corrected chi connectivity index (χ0v) is 12.8. The Balaban J connectivity index is 1.71. The number of hydrogen-bond donors (Lipinski definition) is 3. The molecule has 24 heavy (non-hydrogen) atoms. The first-order chi connectivity index (χ1) is 11.5. The summed E-state index contributed by atoms with van der Waals surface area (Å²) in [6, 6.07) is 7.37. The Morgan fingerprint density at radius 2 is 1.88 bits per heavy atom. The third kappa shape index (κ3) is 3.40. The summed E-state index contributed by atoms with van der Waals surface area (Å²) in [7, 11) is 1.73. The topological polar surface area (TPSA) is 105 Å². The molecule has 0 bridgehead atoms. The minimum Gasteiger partial charge on any atom is -0.465 e. The highest BCUT2D eigenvalue weighted by atomic mass is 19.1. The predicted octanol–water partition coefficient (Wildman–Crippen LogP) is 1.88. The monoisotopic (exact) mass is 330 g/mol. The quantitative estimate of drug-likeness (QED) is 0.617. The molecule has 0 aliphatic carbocycles. The van der Waals surface area contributed by atoms with Crippen molar-refractivity contribution in [3.8, 4) is 0 Å². The van der Waals surface area contributed by atoms with Gasteiger partial charge in [0.15, 0.2) is 17.0 Å². The van der Waals surface area contributed by atoms with Gasteiger partial charge in [-0.1, -0.05) is 24.3 Å². The van der Waals surface area contributed by atoms with Gasteiger partial charge in [-0.2, -0.15) is 14.4 Å². The summed E-state index contributed by atoms with van der Waals surface area (Å²) in [6.45, 7) is 0.670. The van der Waals surface area contributed by atoms with E-state index >= 15 is 0 Å². The predicted molar refractivity (Wildman–Crippen MR) is 84.9 cm³/mol. The summed E-state index contributed by atoms with van der Waals surface area (Å²) >= 11 is 0. The van der Waals surface area contributed by atoms with Crippen LogP contribution in [0.2, 0.25) is 0 Å². The molecule has 0 fully saturated rings. The molecule has 0 radical (unpaired) electrons. The molecule has 0 saturated heterocycles. The van der Waals surface area contributed by atoms with Gasteiger partial charge in [0, 0.05) is 20.1 Å². The van der Waals surface area contributed by atoms with E-state index in [-0.39, 0.29) is 6.54 Å². The minimum atomic E-state index is -1.06. The second kappa shape index (κ2) is 6.49. The van der Waals surface area contributed by atoms with Crippen LogP contribution in [0.25, 0.3) is 11.2 Å². The van der Waals surface area contributed by atoms with E-state index in [1.165, 1.54) is 0 Å². The van der Waals surface area contributed by atoms with Gasteiger partial charge in [0.05, 0.1) is 6.33 Å². The summed E-state index contributed by atoms with van der Waals surface area (Å²) in [5, 5.41) is 13.9. The van der Waals surface area contributed by atoms with E-state index in [4.69, 9.17) is 5.11 Å². The molecular formula is C15H15FN6O2. The van der Waals surface area contributed by atoms with Gasteiger partial charge in [0.1, 0.15) is 0 Å². The van der Waals surface area contributed by atoms with Crippen LogP contribution in [0, 0.1) is 6.08 Å². The first kappa shape index (κ1) is 15.7. The molecule has 3 aromatic rings. The summed E-state index contributed by atoms with van der Waals surface area (Å²) in [6.07, 6.45) is -0.330. The number of aryl methyl sites for hydroxylation is 1. The van der Waals surface area contributed by atoms with Gasteiger partial charge in [-0.15, -0.1) is 0 Å². The van der Waals surface area contributed by atoms with Crippen LogP contribution in [-0.2, 0) is 20.1 Å². The van der Waals surface area contributed by atoms with Crippen molar-refractivity contribution in [2.24, 2.45) is 7.05 Å². The van der Waals surface area contributed by atoms with Crippen LogP contribution in [0.5, 0.6) is 0 Å². The maximum Gasteiger partial charge on any atom is 0.404 e. The Morgan fingerprint density at radius 1 is 1.21 bits per heavy atom. The van der Waals surface area contributed by atoms with Crippen molar-refractivity contribution in [3.63, 3.8) is 0 Å². The van der Waals surface area contributed by atoms with Crippen LogP contribution < -0.4 is 10.6 Å². The number of fused-ring (bicyclic) bond motifs is 1. The molecule has 2 aromatic heterocycles. The van der Waals surface area contributed by atoms with Crippen molar-refractivity contribution in [3.05, 3.63) is 47.8 Å². The first-order valence-electron chi connectivity index (χ1n) is 7.16. The Bertz CT molecular complexity index is 878. The number of benzene rings is 1. The molecule has 0 unspecified atom stereocenters. The number of anilines is 1. The summed E-state index contributed by atoms with van der Waals surface area (Å²) in [5.41, 5.74) is 2.71. The Morgan fingerprint density at radius 3 is 2.54 bits per heavy atom. The highest BCUT2D eigenvalue weighted by molar-refractivity contribution is 5.82. The Labute approximate surface area is 136 Å². The standard InChI is InChI=1S/C15H15FN6O2/c1-22-8-19-11-12(20-14(16)21-13(11)22)17-6-9-2-4-10(5-3-9)7-18-15(23)24/h2-5,8,18H,6-7H2,1H3,(H,23,24)(H,17,20,21). The lowest BCUT2D eigenvalue weighted by atomic mass is 10.1. The van der Waals surface area contributed by atoms with E-state index in [0.29, 0.717) is 23.5 Å². The number of rotatable bonds is 5. The number of carboxylic acid groups (broad SMARTS) is 1. The maximum absolute atomic E-state index is 13.5.